The maximum absolute atomic E-state index is 12.7. The van der Waals surface area contributed by atoms with E-state index in [0.717, 1.165) is 24.9 Å². The Kier molecular flexibility index (Phi) is 3.40. The van der Waals surface area contributed by atoms with Crippen molar-refractivity contribution in [3.05, 3.63) is 29.0 Å². The number of hydrogen-bond donors (Lipinski definition) is 1. The number of rotatable bonds is 2. The number of hydrogen-bond acceptors (Lipinski definition) is 6. The number of piperidine rings is 1. The molecule has 2 aromatic heterocycles. The lowest BCUT2D eigenvalue weighted by atomic mass is 9.97. The molecule has 1 fully saturated rings. The number of aromatic nitrogens is 2. The molecule has 112 valence electrons. The van der Waals surface area contributed by atoms with E-state index >= 15 is 0 Å². The second kappa shape index (κ2) is 5.23. The number of carbonyl (C=O) groups excluding carboxylic acids is 1. The molecule has 7 heteroatoms. The number of likely N-dealkylation sites (tertiary alicyclic amines) is 1. The lowest BCUT2D eigenvalue weighted by molar-refractivity contribution is 0.0696. The number of nitrogens with zero attached hydrogens (tertiary/aromatic N) is 3. The average molecular weight is 290 g/mol. The minimum Gasteiger partial charge on any atom is -0.469 e. The lowest BCUT2D eigenvalue weighted by Gasteiger charge is -2.31. The fourth-order valence-corrected chi connectivity index (χ4v) is 2.82. The molecule has 1 atom stereocenters. The van der Waals surface area contributed by atoms with Gasteiger partial charge in [-0.3, -0.25) is 4.79 Å². The van der Waals surface area contributed by atoms with Gasteiger partial charge in [-0.15, -0.1) is 5.10 Å². The van der Waals surface area contributed by atoms with Gasteiger partial charge in [0, 0.05) is 18.7 Å². The number of nitrogens with two attached hydrogens (primary N) is 1. The highest BCUT2D eigenvalue weighted by atomic mass is 16.4. The predicted octanol–water partition coefficient (Wildman–Crippen LogP) is 1.88. The van der Waals surface area contributed by atoms with Crippen molar-refractivity contribution >= 4 is 11.9 Å². The summed E-state index contributed by atoms with van der Waals surface area (Å²) < 4.78 is 10.6. The van der Waals surface area contributed by atoms with Gasteiger partial charge < -0.3 is 19.5 Å². The molecular weight excluding hydrogens is 272 g/mol. The minimum atomic E-state index is -0.00376. The Hall–Kier alpha value is -2.31. The van der Waals surface area contributed by atoms with Gasteiger partial charge in [0.1, 0.15) is 5.76 Å². The lowest BCUT2D eigenvalue weighted by Crippen LogP contribution is -2.39. The summed E-state index contributed by atoms with van der Waals surface area (Å²) in [6.07, 6.45) is 3.42. The van der Waals surface area contributed by atoms with Gasteiger partial charge in [0.15, 0.2) is 0 Å². The van der Waals surface area contributed by atoms with Crippen molar-refractivity contribution in [2.45, 2.75) is 32.6 Å². The van der Waals surface area contributed by atoms with E-state index in [1.165, 1.54) is 0 Å². The van der Waals surface area contributed by atoms with Crippen LogP contribution in [0.2, 0.25) is 0 Å². The van der Waals surface area contributed by atoms with Crippen molar-refractivity contribution in [2.75, 3.05) is 18.8 Å². The molecule has 2 N–H and O–H groups in total. The largest absolute Gasteiger partial charge is 0.469 e. The molecule has 3 rings (SSSR count). The zero-order valence-corrected chi connectivity index (χ0v) is 12.1. The van der Waals surface area contributed by atoms with E-state index in [1.54, 1.807) is 13.2 Å². The Balaban J connectivity index is 1.78. The second-order valence-electron chi connectivity index (χ2n) is 5.42. The maximum Gasteiger partial charge on any atom is 0.312 e. The molecule has 21 heavy (non-hydrogen) atoms. The monoisotopic (exact) mass is 290 g/mol. The van der Waals surface area contributed by atoms with Crippen LogP contribution in [-0.4, -0.2) is 34.1 Å². The standard InChI is InChI=1S/C14H18N4O3/c1-8-7-20-9(2)11(8)13(19)18-5-3-4-10(6-18)12-16-17-14(15)21-12/h7,10H,3-6H2,1-2H3,(H2,15,17). The molecule has 0 radical (unpaired) electrons. The third-order valence-electron chi connectivity index (χ3n) is 3.89. The van der Waals surface area contributed by atoms with Crippen molar-refractivity contribution in [3.8, 4) is 0 Å². The van der Waals surface area contributed by atoms with Crippen LogP contribution in [0.5, 0.6) is 0 Å². The molecule has 0 saturated carbocycles. The summed E-state index contributed by atoms with van der Waals surface area (Å²) in [5.74, 6) is 1.20. The Bertz CT molecular complexity index is 641. The van der Waals surface area contributed by atoms with Crippen molar-refractivity contribution < 1.29 is 13.6 Å². The average Bonchev–Trinajstić information content (AvgIpc) is 3.05. The van der Waals surface area contributed by atoms with E-state index < -0.39 is 0 Å². The first kappa shape index (κ1) is 13.7. The van der Waals surface area contributed by atoms with Gasteiger partial charge in [-0.25, -0.2) is 0 Å². The van der Waals surface area contributed by atoms with Gasteiger partial charge in [0.2, 0.25) is 5.89 Å². The van der Waals surface area contributed by atoms with E-state index in [4.69, 9.17) is 14.6 Å². The Morgan fingerprint density at radius 3 is 2.86 bits per heavy atom. The van der Waals surface area contributed by atoms with E-state index in [-0.39, 0.29) is 17.8 Å². The molecule has 0 aliphatic carbocycles. The quantitative estimate of drug-likeness (QED) is 0.906. The molecule has 2 aromatic rings. The molecule has 1 aliphatic rings. The first-order chi connectivity index (χ1) is 10.1. The zero-order chi connectivity index (χ0) is 15.0. The highest BCUT2D eigenvalue weighted by Gasteiger charge is 2.30. The number of aryl methyl sites for hydroxylation is 2. The van der Waals surface area contributed by atoms with E-state index in [0.29, 0.717) is 23.8 Å². The zero-order valence-electron chi connectivity index (χ0n) is 12.1. The number of furan rings is 1. The summed E-state index contributed by atoms with van der Waals surface area (Å²) in [5.41, 5.74) is 6.98. The normalized spacial score (nSPS) is 19.0. The highest BCUT2D eigenvalue weighted by molar-refractivity contribution is 5.96. The van der Waals surface area contributed by atoms with Gasteiger partial charge in [0.05, 0.1) is 17.7 Å². The first-order valence-corrected chi connectivity index (χ1v) is 6.99. The maximum atomic E-state index is 12.7. The Morgan fingerprint density at radius 1 is 1.43 bits per heavy atom. The SMILES string of the molecule is Cc1coc(C)c1C(=O)N1CCCC(c2nnc(N)o2)C1. The minimum absolute atomic E-state index is 0.00376. The van der Waals surface area contributed by atoms with Crippen molar-refractivity contribution in [1.82, 2.24) is 15.1 Å². The van der Waals surface area contributed by atoms with Crippen LogP contribution in [0.3, 0.4) is 0 Å². The molecule has 0 aromatic carbocycles. The van der Waals surface area contributed by atoms with Gasteiger partial charge in [0.25, 0.3) is 5.91 Å². The summed E-state index contributed by atoms with van der Waals surface area (Å²) in [6.45, 7) is 4.97. The molecule has 7 nitrogen and oxygen atoms in total. The number of anilines is 1. The van der Waals surface area contributed by atoms with Crippen LogP contribution in [0, 0.1) is 13.8 Å². The molecular formula is C14H18N4O3. The van der Waals surface area contributed by atoms with Gasteiger partial charge in [-0.1, -0.05) is 5.10 Å². The summed E-state index contributed by atoms with van der Waals surface area (Å²) in [4.78, 5) is 14.5. The van der Waals surface area contributed by atoms with Crippen LogP contribution < -0.4 is 5.73 Å². The van der Waals surface area contributed by atoms with Crippen LogP contribution in [0.1, 0.15) is 46.3 Å². The fraction of sp³-hybridized carbons (Fsp3) is 0.500. The second-order valence-corrected chi connectivity index (χ2v) is 5.42. The third kappa shape index (κ3) is 2.51. The summed E-state index contributed by atoms with van der Waals surface area (Å²) in [6, 6.07) is 0.0648. The van der Waals surface area contributed by atoms with Crippen LogP contribution >= 0.6 is 0 Å². The van der Waals surface area contributed by atoms with Crippen LogP contribution in [0.15, 0.2) is 15.1 Å². The molecule has 1 aliphatic heterocycles. The first-order valence-electron chi connectivity index (χ1n) is 6.99. The summed E-state index contributed by atoms with van der Waals surface area (Å²) in [7, 11) is 0. The van der Waals surface area contributed by atoms with Crippen molar-refractivity contribution in [2.24, 2.45) is 0 Å². The Labute approximate surface area is 122 Å². The summed E-state index contributed by atoms with van der Waals surface area (Å²) in [5, 5.41) is 7.62. The number of carbonyl (C=O) groups is 1. The molecule has 0 bridgehead atoms. The number of amides is 1. The topological polar surface area (TPSA) is 98.4 Å². The third-order valence-corrected chi connectivity index (χ3v) is 3.89. The smallest absolute Gasteiger partial charge is 0.312 e. The molecule has 1 amide bonds. The van der Waals surface area contributed by atoms with Crippen molar-refractivity contribution in [1.29, 1.82) is 0 Å². The molecule has 0 spiro atoms. The van der Waals surface area contributed by atoms with E-state index in [2.05, 4.69) is 10.2 Å². The Morgan fingerprint density at radius 2 is 2.24 bits per heavy atom. The van der Waals surface area contributed by atoms with Crippen LogP contribution in [0.4, 0.5) is 6.01 Å². The summed E-state index contributed by atoms with van der Waals surface area (Å²) >= 11 is 0. The van der Waals surface area contributed by atoms with Gasteiger partial charge >= 0.3 is 6.01 Å². The van der Waals surface area contributed by atoms with E-state index in [9.17, 15) is 4.79 Å². The number of nitrogen functional groups attached to an aromatic ring is 1. The van der Waals surface area contributed by atoms with Crippen molar-refractivity contribution in [3.63, 3.8) is 0 Å². The van der Waals surface area contributed by atoms with E-state index in [1.807, 2.05) is 11.8 Å². The van der Waals surface area contributed by atoms with Gasteiger partial charge in [-0.05, 0) is 26.7 Å². The molecule has 3 heterocycles. The highest BCUT2D eigenvalue weighted by Crippen LogP contribution is 2.28. The molecule has 1 unspecified atom stereocenters. The fourth-order valence-electron chi connectivity index (χ4n) is 2.82. The van der Waals surface area contributed by atoms with Gasteiger partial charge in [-0.2, -0.15) is 0 Å². The van der Waals surface area contributed by atoms with Crippen LogP contribution in [-0.2, 0) is 0 Å². The predicted molar refractivity (Wildman–Crippen MR) is 74.8 cm³/mol. The molecule has 1 saturated heterocycles. The van der Waals surface area contributed by atoms with Crippen LogP contribution in [0.25, 0.3) is 0 Å².